The van der Waals surface area contributed by atoms with E-state index >= 15 is 0 Å². The Hall–Kier alpha value is -1.55. The van der Waals surface area contributed by atoms with Gasteiger partial charge < -0.3 is 15.0 Å². The van der Waals surface area contributed by atoms with Gasteiger partial charge in [0.25, 0.3) is 5.91 Å². The van der Waals surface area contributed by atoms with Gasteiger partial charge in [-0.05, 0) is 24.2 Å². The van der Waals surface area contributed by atoms with E-state index in [0.717, 1.165) is 24.5 Å². The van der Waals surface area contributed by atoms with E-state index in [1.54, 1.807) is 11.9 Å². The van der Waals surface area contributed by atoms with Crippen molar-refractivity contribution in [3.8, 4) is 5.75 Å². The molecule has 1 amide bonds. The molecule has 1 aliphatic heterocycles. The highest BCUT2D eigenvalue weighted by molar-refractivity contribution is 5.97. The summed E-state index contributed by atoms with van der Waals surface area (Å²) in [6.07, 6.45) is 0. The molecule has 16 heavy (non-hydrogen) atoms. The Labute approximate surface area is 95.2 Å². The van der Waals surface area contributed by atoms with E-state index in [0.29, 0.717) is 0 Å². The summed E-state index contributed by atoms with van der Waals surface area (Å²) in [4.78, 5) is 13.0. The lowest BCUT2D eigenvalue weighted by Gasteiger charge is -2.26. The summed E-state index contributed by atoms with van der Waals surface area (Å²) in [5.41, 5.74) is 2.01. The molecule has 0 aromatic heterocycles. The second-order valence-corrected chi connectivity index (χ2v) is 3.82. The molecule has 2 rings (SSSR count). The minimum absolute atomic E-state index is 0.00747. The number of fused-ring (bicyclic) bond motifs is 1. The first-order valence-corrected chi connectivity index (χ1v) is 5.45. The maximum Gasteiger partial charge on any atom is 0.264 e. The topological polar surface area (TPSA) is 41.6 Å². The molecule has 0 atom stereocenters. The minimum atomic E-state index is -0.00747. The minimum Gasteiger partial charge on any atom is -0.482 e. The summed E-state index contributed by atoms with van der Waals surface area (Å²) in [6, 6.07) is 5.93. The molecule has 4 nitrogen and oxygen atoms in total. The third kappa shape index (κ3) is 2.02. The van der Waals surface area contributed by atoms with E-state index in [4.69, 9.17) is 4.74 Å². The van der Waals surface area contributed by atoms with E-state index < -0.39 is 0 Å². The van der Waals surface area contributed by atoms with Crippen LogP contribution in [0.1, 0.15) is 12.5 Å². The summed E-state index contributed by atoms with van der Waals surface area (Å²) in [6.45, 7) is 3.97. The second-order valence-electron chi connectivity index (χ2n) is 3.82. The maximum atomic E-state index is 11.4. The number of amides is 1. The molecule has 0 unspecified atom stereocenters. The Kier molecular flexibility index (Phi) is 3.10. The van der Waals surface area contributed by atoms with Crippen LogP contribution in [0.15, 0.2) is 18.2 Å². The number of hydrogen-bond donors (Lipinski definition) is 1. The molecule has 0 saturated heterocycles. The molecule has 0 aliphatic carbocycles. The highest BCUT2D eigenvalue weighted by atomic mass is 16.5. The third-order valence-electron chi connectivity index (χ3n) is 2.69. The molecule has 1 aromatic rings. The first kappa shape index (κ1) is 11.0. The van der Waals surface area contributed by atoms with Crippen molar-refractivity contribution in [3.63, 3.8) is 0 Å². The van der Waals surface area contributed by atoms with Crippen LogP contribution in [0.25, 0.3) is 0 Å². The van der Waals surface area contributed by atoms with Crippen molar-refractivity contribution in [2.24, 2.45) is 0 Å². The Morgan fingerprint density at radius 2 is 2.31 bits per heavy atom. The summed E-state index contributed by atoms with van der Waals surface area (Å²) < 4.78 is 5.41. The first-order valence-electron chi connectivity index (χ1n) is 5.45. The number of hydrogen-bond acceptors (Lipinski definition) is 3. The highest BCUT2D eigenvalue weighted by Crippen LogP contribution is 2.31. The number of carbonyl (C=O) groups is 1. The van der Waals surface area contributed by atoms with Gasteiger partial charge in [0.15, 0.2) is 6.61 Å². The molecule has 0 fully saturated rings. The highest BCUT2D eigenvalue weighted by Gasteiger charge is 2.21. The first-order chi connectivity index (χ1) is 7.72. The molecular formula is C12H16N2O2. The van der Waals surface area contributed by atoms with Gasteiger partial charge in [-0.25, -0.2) is 0 Å². The molecule has 1 aromatic carbocycles. The number of carbonyl (C=O) groups excluding carboxylic acids is 1. The molecular weight excluding hydrogens is 204 g/mol. The van der Waals surface area contributed by atoms with Crippen LogP contribution in [0, 0.1) is 0 Å². The predicted molar refractivity (Wildman–Crippen MR) is 62.7 cm³/mol. The van der Waals surface area contributed by atoms with Crippen molar-refractivity contribution in [2.45, 2.75) is 13.5 Å². The number of anilines is 1. The number of rotatable bonds is 3. The average Bonchev–Trinajstić information content (AvgIpc) is 2.31. The van der Waals surface area contributed by atoms with Crippen LogP contribution in [0.5, 0.6) is 5.75 Å². The lowest BCUT2D eigenvalue weighted by molar-refractivity contribution is -0.120. The van der Waals surface area contributed by atoms with E-state index in [9.17, 15) is 4.79 Å². The lowest BCUT2D eigenvalue weighted by Crippen LogP contribution is -2.35. The van der Waals surface area contributed by atoms with Gasteiger partial charge in [0.2, 0.25) is 0 Å². The molecule has 1 heterocycles. The van der Waals surface area contributed by atoms with Gasteiger partial charge in [0, 0.05) is 13.6 Å². The van der Waals surface area contributed by atoms with Gasteiger partial charge >= 0.3 is 0 Å². The number of nitrogens with zero attached hydrogens (tertiary/aromatic N) is 1. The normalized spacial score (nSPS) is 14.6. The fourth-order valence-electron chi connectivity index (χ4n) is 1.70. The Bertz CT molecular complexity index is 404. The zero-order valence-corrected chi connectivity index (χ0v) is 9.62. The van der Waals surface area contributed by atoms with E-state index in [-0.39, 0.29) is 12.5 Å². The summed E-state index contributed by atoms with van der Waals surface area (Å²) in [5.74, 6) is 0.782. The lowest BCUT2D eigenvalue weighted by atomic mass is 10.1. The average molecular weight is 220 g/mol. The third-order valence-corrected chi connectivity index (χ3v) is 2.69. The fraction of sp³-hybridized carbons (Fsp3) is 0.417. The Balaban J connectivity index is 2.23. The van der Waals surface area contributed by atoms with Gasteiger partial charge in [-0.15, -0.1) is 0 Å². The standard InChI is InChI=1S/C12H16N2O2/c1-3-13-7-9-4-5-10-11(6-9)16-8-12(15)14(10)2/h4-6,13H,3,7-8H2,1-2H3. The largest absolute Gasteiger partial charge is 0.482 e. The molecule has 0 spiro atoms. The summed E-state index contributed by atoms with van der Waals surface area (Å²) >= 11 is 0. The monoisotopic (exact) mass is 220 g/mol. The van der Waals surface area contributed by atoms with Gasteiger partial charge in [-0.3, -0.25) is 4.79 Å². The van der Waals surface area contributed by atoms with E-state index in [2.05, 4.69) is 12.2 Å². The van der Waals surface area contributed by atoms with Crippen LogP contribution in [0.2, 0.25) is 0 Å². The summed E-state index contributed by atoms with van der Waals surface area (Å²) in [5, 5.41) is 3.26. The quantitative estimate of drug-likeness (QED) is 0.831. The van der Waals surface area contributed by atoms with Crippen LogP contribution in [0.4, 0.5) is 5.69 Å². The molecule has 86 valence electrons. The maximum absolute atomic E-state index is 11.4. The Morgan fingerprint density at radius 1 is 1.50 bits per heavy atom. The number of ether oxygens (including phenoxy) is 1. The smallest absolute Gasteiger partial charge is 0.264 e. The number of nitrogens with one attached hydrogen (secondary N) is 1. The van der Waals surface area contributed by atoms with Crippen LogP contribution in [-0.4, -0.2) is 26.1 Å². The van der Waals surface area contributed by atoms with Crippen LogP contribution in [0.3, 0.4) is 0 Å². The number of benzene rings is 1. The molecule has 0 saturated carbocycles. The van der Waals surface area contributed by atoms with Crippen molar-refractivity contribution in [2.75, 3.05) is 25.1 Å². The fourth-order valence-corrected chi connectivity index (χ4v) is 1.70. The SMILES string of the molecule is CCNCc1ccc2c(c1)OCC(=O)N2C. The number of likely N-dealkylation sites (N-methyl/N-ethyl adjacent to an activating group) is 1. The predicted octanol–water partition coefficient (Wildman–Crippen LogP) is 1.15. The van der Waals surface area contributed by atoms with Gasteiger partial charge in [-0.2, -0.15) is 0 Å². The zero-order valence-electron chi connectivity index (χ0n) is 9.62. The van der Waals surface area contributed by atoms with Crippen molar-refractivity contribution >= 4 is 11.6 Å². The van der Waals surface area contributed by atoms with Crippen LogP contribution in [-0.2, 0) is 11.3 Å². The van der Waals surface area contributed by atoms with Crippen molar-refractivity contribution in [1.82, 2.24) is 5.32 Å². The zero-order chi connectivity index (χ0) is 11.5. The van der Waals surface area contributed by atoms with Crippen molar-refractivity contribution in [3.05, 3.63) is 23.8 Å². The second kappa shape index (κ2) is 4.53. The molecule has 0 bridgehead atoms. The van der Waals surface area contributed by atoms with Crippen molar-refractivity contribution in [1.29, 1.82) is 0 Å². The van der Waals surface area contributed by atoms with Crippen LogP contribution < -0.4 is 15.0 Å². The van der Waals surface area contributed by atoms with E-state index in [1.807, 2.05) is 18.2 Å². The Morgan fingerprint density at radius 3 is 3.06 bits per heavy atom. The summed E-state index contributed by atoms with van der Waals surface area (Å²) in [7, 11) is 1.77. The molecule has 1 aliphatic rings. The van der Waals surface area contributed by atoms with Crippen molar-refractivity contribution < 1.29 is 9.53 Å². The van der Waals surface area contributed by atoms with Crippen LogP contribution >= 0.6 is 0 Å². The van der Waals surface area contributed by atoms with Gasteiger partial charge in [0.05, 0.1) is 5.69 Å². The molecule has 1 N–H and O–H groups in total. The van der Waals surface area contributed by atoms with Gasteiger partial charge in [0.1, 0.15) is 5.75 Å². The molecule has 4 heteroatoms. The molecule has 0 radical (unpaired) electrons. The van der Waals surface area contributed by atoms with Gasteiger partial charge in [-0.1, -0.05) is 13.0 Å². The van der Waals surface area contributed by atoms with E-state index in [1.165, 1.54) is 5.56 Å².